The van der Waals surface area contributed by atoms with Crippen LogP contribution < -0.4 is 16.0 Å². The highest BCUT2D eigenvalue weighted by atomic mass is 16.5. The Balaban J connectivity index is 1.72. The van der Waals surface area contributed by atoms with E-state index in [0.29, 0.717) is 23.3 Å². The van der Waals surface area contributed by atoms with Gasteiger partial charge in [-0.2, -0.15) is 0 Å². The maximum atomic E-state index is 13.3. The molecule has 9 heteroatoms. The zero-order chi connectivity index (χ0) is 31.6. The summed E-state index contributed by atoms with van der Waals surface area (Å²) in [5.41, 5.74) is 12.3. The van der Waals surface area contributed by atoms with E-state index in [1.54, 1.807) is 0 Å². The van der Waals surface area contributed by atoms with Crippen molar-refractivity contribution in [3.05, 3.63) is 78.2 Å². The Kier molecular flexibility index (Phi) is 7.48. The molecule has 0 unspecified atom stereocenters. The van der Waals surface area contributed by atoms with Crippen LogP contribution in [-0.2, 0) is 27.2 Å². The van der Waals surface area contributed by atoms with Crippen LogP contribution in [0.3, 0.4) is 0 Å². The van der Waals surface area contributed by atoms with Crippen LogP contribution >= 0.6 is 0 Å². The van der Waals surface area contributed by atoms with Gasteiger partial charge in [-0.1, -0.05) is 20.8 Å². The predicted octanol–water partition coefficient (Wildman–Crippen LogP) is 4.00. The summed E-state index contributed by atoms with van der Waals surface area (Å²) in [6, 6.07) is 0. The van der Waals surface area contributed by atoms with E-state index in [2.05, 4.69) is 73.1 Å². The van der Waals surface area contributed by atoms with Crippen molar-refractivity contribution >= 4 is 35.7 Å². The summed E-state index contributed by atoms with van der Waals surface area (Å²) >= 11 is 0. The summed E-state index contributed by atoms with van der Waals surface area (Å²) in [6.45, 7) is 12.6. The van der Waals surface area contributed by atoms with Gasteiger partial charge >= 0.3 is 11.9 Å². The minimum Gasteiger partial charge on any atom is -0.481 e. The summed E-state index contributed by atoms with van der Waals surface area (Å²) in [6.07, 6.45) is 7.37. The van der Waals surface area contributed by atoms with E-state index in [1.807, 2.05) is 6.92 Å². The molecular formula is C35H42N4O5. The van der Waals surface area contributed by atoms with Crippen molar-refractivity contribution in [2.75, 3.05) is 7.11 Å². The SMILES string of the molecule is CCc1c2[nH]c(c1C)/C=C1\N/C(=C3\c4[nH]c(c(C)c4[C@H](O)[C@@H]3C(=O)OC)/C=c3\[nH]/c(c(C)c3CC)=C\2)[C@@H](CCC(=O)O)[C@@H]1C. The molecule has 9 nitrogen and oxygen atoms in total. The van der Waals surface area contributed by atoms with Crippen molar-refractivity contribution in [1.29, 1.82) is 0 Å². The molecule has 0 spiro atoms. The first-order valence-electron chi connectivity index (χ1n) is 15.6. The number of nitrogens with one attached hydrogen (secondary N) is 4. The number of hydrogen-bond donors (Lipinski definition) is 6. The number of hydrogen-bond acceptors (Lipinski definition) is 5. The number of aromatic amines is 3. The minimum absolute atomic E-state index is 0.0173. The van der Waals surface area contributed by atoms with Crippen LogP contribution in [0.4, 0.5) is 0 Å². The molecule has 1 fully saturated rings. The fraction of sp³-hybridized carbons (Fsp3) is 0.429. The molecule has 3 aliphatic rings. The van der Waals surface area contributed by atoms with Crippen LogP contribution in [0.25, 0.3) is 23.8 Å². The van der Waals surface area contributed by atoms with E-state index in [0.717, 1.165) is 63.1 Å². The molecule has 0 saturated carbocycles. The number of carbonyl (C=O) groups excluding carboxylic acids is 1. The van der Waals surface area contributed by atoms with E-state index in [9.17, 15) is 19.8 Å². The molecule has 1 aliphatic carbocycles. The number of carboxylic acids is 1. The molecular weight excluding hydrogens is 556 g/mol. The van der Waals surface area contributed by atoms with Gasteiger partial charge in [-0.05, 0) is 86.1 Å². The second kappa shape index (κ2) is 11.0. The molecule has 8 bridgehead atoms. The smallest absolute Gasteiger partial charge is 0.316 e. The number of rotatable bonds is 6. The molecule has 3 aromatic heterocycles. The quantitative estimate of drug-likeness (QED) is 0.237. The third-order valence-corrected chi connectivity index (χ3v) is 10.2. The van der Waals surface area contributed by atoms with E-state index < -0.39 is 24.0 Å². The van der Waals surface area contributed by atoms with Gasteiger partial charge in [-0.3, -0.25) is 9.59 Å². The zero-order valence-electron chi connectivity index (χ0n) is 26.5. The number of fused-ring (bicyclic) bond motifs is 7. The summed E-state index contributed by atoms with van der Waals surface area (Å²) in [7, 11) is 1.33. The maximum Gasteiger partial charge on any atom is 0.316 e. The Hall–Kier alpha value is -4.24. The third-order valence-electron chi connectivity index (χ3n) is 10.2. The first-order chi connectivity index (χ1) is 21.0. The van der Waals surface area contributed by atoms with Gasteiger partial charge in [0.1, 0.15) is 5.92 Å². The molecule has 3 aromatic rings. The Morgan fingerprint density at radius 2 is 1.57 bits per heavy atom. The number of aliphatic carboxylic acids is 1. The highest BCUT2D eigenvalue weighted by Crippen LogP contribution is 2.52. The molecule has 6 N–H and O–H groups in total. The summed E-state index contributed by atoms with van der Waals surface area (Å²) < 4.78 is 5.22. The van der Waals surface area contributed by atoms with Crippen molar-refractivity contribution in [3.63, 3.8) is 0 Å². The number of H-pyrrole nitrogens is 3. The van der Waals surface area contributed by atoms with Gasteiger partial charge in [-0.25, -0.2) is 0 Å². The topological polar surface area (TPSA) is 143 Å². The number of methoxy groups -OCH3 is 1. The number of carbonyl (C=O) groups is 2. The zero-order valence-corrected chi connectivity index (χ0v) is 26.5. The minimum atomic E-state index is -1.11. The fourth-order valence-electron chi connectivity index (χ4n) is 7.70. The van der Waals surface area contributed by atoms with Crippen LogP contribution in [0.15, 0.2) is 11.4 Å². The number of allylic oxidation sites excluding steroid dienone is 2. The molecule has 6 rings (SSSR count). The van der Waals surface area contributed by atoms with Crippen molar-refractivity contribution in [3.8, 4) is 0 Å². The van der Waals surface area contributed by atoms with Crippen LogP contribution in [0, 0.1) is 38.5 Å². The van der Waals surface area contributed by atoms with Crippen molar-refractivity contribution in [2.45, 2.75) is 73.3 Å². The second-order valence-corrected chi connectivity index (χ2v) is 12.4. The van der Waals surface area contributed by atoms with Crippen molar-refractivity contribution in [1.82, 2.24) is 20.3 Å². The standard InChI is InChI=1S/C35H42N4O5/c1-8-19-15(3)22-12-24-17(5)21(10-11-28(40)41)32(38-24)30-31(35(43)44-7)34(42)29-18(6)25(39-33(29)30)14-27-20(9-2)16(4)23(37-27)13-26(19)36-22/h12-14,17,21,31,34,36-39,42H,8-11H2,1-7H3,(H,40,41)/b23-13-,24-12-,27-14-,32-30-/t17-,21-,31+,34-/m0/s1. The van der Waals surface area contributed by atoms with Gasteiger partial charge in [0.05, 0.1) is 18.9 Å². The average Bonchev–Trinajstić information content (AvgIpc) is 3.72. The lowest BCUT2D eigenvalue weighted by Gasteiger charge is -2.21. The van der Waals surface area contributed by atoms with Gasteiger partial charge in [0.15, 0.2) is 0 Å². The van der Waals surface area contributed by atoms with Gasteiger partial charge in [0.2, 0.25) is 0 Å². The molecule has 1 saturated heterocycles. The summed E-state index contributed by atoms with van der Waals surface area (Å²) in [4.78, 5) is 35.9. The summed E-state index contributed by atoms with van der Waals surface area (Å²) in [5, 5.41) is 27.0. The number of esters is 1. The maximum absolute atomic E-state index is 13.3. The van der Waals surface area contributed by atoms with Crippen LogP contribution in [-0.4, -0.2) is 44.2 Å². The van der Waals surface area contributed by atoms with Gasteiger partial charge in [0, 0.05) is 68.6 Å². The Bertz CT molecular complexity index is 1880. The molecule has 44 heavy (non-hydrogen) atoms. The van der Waals surface area contributed by atoms with Crippen molar-refractivity contribution < 1.29 is 24.5 Å². The Morgan fingerprint density at radius 3 is 2.23 bits per heavy atom. The van der Waals surface area contributed by atoms with Crippen LogP contribution in [0.2, 0.25) is 0 Å². The van der Waals surface area contributed by atoms with E-state index in [-0.39, 0.29) is 18.3 Å². The molecule has 232 valence electrons. The number of ether oxygens (including phenoxy) is 1. The predicted molar refractivity (Wildman–Crippen MR) is 170 cm³/mol. The van der Waals surface area contributed by atoms with Crippen molar-refractivity contribution in [2.24, 2.45) is 17.8 Å². The number of aliphatic hydroxyl groups excluding tert-OH is 1. The lowest BCUT2D eigenvalue weighted by molar-refractivity contribution is -0.146. The number of aromatic nitrogens is 3. The van der Waals surface area contributed by atoms with Gasteiger partial charge < -0.3 is 35.2 Å². The second-order valence-electron chi connectivity index (χ2n) is 12.4. The highest BCUT2D eigenvalue weighted by molar-refractivity contribution is 5.95. The highest BCUT2D eigenvalue weighted by Gasteiger charge is 2.48. The van der Waals surface area contributed by atoms with E-state index in [1.165, 1.54) is 23.8 Å². The lowest BCUT2D eigenvalue weighted by atomic mass is 9.84. The molecule has 0 amide bonds. The fourth-order valence-corrected chi connectivity index (χ4v) is 7.70. The molecule has 0 radical (unpaired) electrons. The molecule has 4 atom stereocenters. The largest absolute Gasteiger partial charge is 0.481 e. The van der Waals surface area contributed by atoms with Gasteiger partial charge in [0.25, 0.3) is 0 Å². The number of carboxylic acid groups (broad SMARTS) is 1. The third kappa shape index (κ3) is 4.48. The Morgan fingerprint density at radius 1 is 0.886 bits per heavy atom. The lowest BCUT2D eigenvalue weighted by Crippen LogP contribution is -2.24. The monoisotopic (exact) mass is 598 g/mol. The van der Waals surface area contributed by atoms with Crippen LogP contribution in [0.1, 0.15) is 95.9 Å². The average molecular weight is 599 g/mol. The molecule has 5 heterocycles. The van der Waals surface area contributed by atoms with Crippen LogP contribution in [0.5, 0.6) is 0 Å². The van der Waals surface area contributed by atoms with E-state index >= 15 is 0 Å². The van der Waals surface area contributed by atoms with Gasteiger partial charge in [-0.15, -0.1) is 0 Å². The first kappa shape index (κ1) is 29.8. The first-order valence-corrected chi connectivity index (χ1v) is 15.6. The van der Waals surface area contributed by atoms with E-state index in [4.69, 9.17) is 4.74 Å². The molecule has 0 aromatic carbocycles. The Labute approximate surface area is 256 Å². The summed E-state index contributed by atoms with van der Waals surface area (Å²) in [5.74, 6) is -2.62. The molecule has 2 aliphatic heterocycles. The number of aliphatic hydroxyl groups is 1. The normalized spacial score (nSPS) is 26.3.